The summed E-state index contributed by atoms with van der Waals surface area (Å²) in [5.41, 5.74) is 0.905. The van der Waals surface area contributed by atoms with Crippen molar-refractivity contribution in [2.24, 2.45) is 4.99 Å². The number of nitrogens with zero attached hydrogens (tertiary/aromatic N) is 2. The van der Waals surface area contributed by atoms with Gasteiger partial charge in [0.15, 0.2) is 11.5 Å². The van der Waals surface area contributed by atoms with Crippen LogP contribution in [0.4, 0.5) is 5.69 Å². The van der Waals surface area contributed by atoms with Gasteiger partial charge in [-0.25, -0.2) is 4.99 Å². The van der Waals surface area contributed by atoms with Crippen LogP contribution in [0.25, 0.3) is 0 Å². The molecule has 0 radical (unpaired) electrons. The number of aromatic nitrogens is 1. The fourth-order valence-electron chi connectivity index (χ4n) is 2.07. The lowest BCUT2D eigenvalue weighted by atomic mass is 9.92. The van der Waals surface area contributed by atoms with Gasteiger partial charge < -0.3 is 4.52 Å². The summed E-state index contributed by atoms with van der Waals surface area (Å²) in [6.07, 6.45) is -0.0942. The predicted octanol–water partition coefficient (Wildman–Crippen LogP) is 3.18. The quantitative estimate of drug-likeness (QED) is 0.808. The number of fused-ring (bicyclic) bond motifs is 1. The van der Waals surface area contributed by atoms with E-state index in [-0.39, 0.29) is 35.0 Å². The number of para-hydroxylation sites is 1. The van der Waals surface area contributed by atoms with Gasteiger partial charge in [-0.1, -0.05) is 28.9 Å². The van der Waals surface area contributed by atoms with Gasteiger partial charge in [0.1, 0.15) is 5.76 Å². The van der Waals surface area contributed by atoms with Crippen LogP contribution in [0.3, 0.4) is 0 Å². The highest BCUT2D eigenvalue weighted by Gasteiger charge is 2.34. The van der Waals surface area contributed by atoms with Crippen molar-refractivity contribution in [1.29, 1.82) is 0 Å². The Morgan fingerprint density at radius 1 is 1.30 bits per heavy atom. The highest BCUT2D eigenvalue weighted by Crippen LogP contribution is 2.28. The summed E-state index contributed by atoms with van der Waals surface area (Å²) in [4.78, 5) is 28.5. The van der Waals surface area contributed by atoms with E-state index in [4.69, 9.17) is 16.1 Å². The second-order valence-corrected chi connectivity index (χ2v) is 4.81. The van der Waals surface area contributed by atoms with Crippen molar-refractivity contribution in [2.75, 3.05) is 0 Å². The zero-order chi connectivity index (χ0) is 14.3. The van der Waals surface area contributed by atoms with Crippen LogP contribution in [0.1, 0.15) is 33.0 Å². The lowest BCUT2D eigenvalue weighted by Crippen LogP contribution is -2.27. The lowest BCUT2D eigenvalue weighted by molar-refractivity contribution is 0.0959. The van der Waals surface area contributed by atoms with E-state index in [1.54, 1.807) is 31.2 Å². The Morgan fingerprint density at radius 2 is 2.05 bits per heavy atom. The number of benzene rings is 1. The number of aliphatic imine (C=N–C) groups is 1. The Kier molecular flexibility index (Phi) is 2.99. The molecule has 1 aliphatic carbocycles. The zero-order valence-corrected chi connectivity index (χ0v) is 11.3. The third-order valence-electron chi connectivity index (χ3n) is 3.05. The Labute approximate surface area is 119 Å². The third kappa shape index (κ3) is 1.96. The number of carbonyl (C=O) groups excluding carboxylic acids is 2. The fourth-order valence-corrected chi connectivity index (χ4v) is 2.25. The van der Waals surface area contributed by atoms with Gasteiger partial charge in [0.25, 0.3) is 0 Å². The summed E-state index contributed by atoms with van der Waals surface area (Å²) in [5.74, 6) is -0.287. The van der Waals surface area contributed by atoms with Gasteiger partial charge in [-0.05, 0) is 19.1 Å². The Hall–Kier alpha value is -2.27. The van der Waals surface area contributed by atoms with Gasteiger partial charge in [0, 0.05) is 0 Å². The molecule has 0 atom stereocenters. The molecule has 100 valence electrons. The molecule has 20 heavy (non-hydrogen) atoms. The molecule has 0 bridgehead atoms. The van der Waals surface area contributed by atoms with Crippen molar-refractivity contribution < 1.29 is 14.1 Å². The van der Waals surface area contributed by atoms with E-state index < -0.39 is 0 Å². The maximum atomic E-state index is 12.3. The maximum absolute atomic E-state index is 12.3. The number of hydrogen-bond donors (Lipinski definition) is 0. The molecule has 0 spiro atoms. The minimum absolute atomic E-state index is 0.0885. The van der Waals surface area contributed by atoms with Crippen LogP contribution in [0.2, 0.25) is 5.02 Å². The first-order valence-electron chi connectivity index (χ1n) is 5.94. The first kappa shape index (κ1) is 12.7. The molecule has 0 saturated carbocycles. The van der Waals surface area contributed by atoms with Crippen molar-refractivity contribution in [3.05, 3.63) is 46.3 Å². The molecule has 0 unspecified atom stereocenters. The van der Waals surface area contributed by atoms with Gasteiger partial charge in [-0.3, -0.25) is 9.59 Å². The predicted molar refractivity (Wildman–Crippen MR) is 73.1 cm³/mol. The number of ketones is 2. The lowest BCUT2D eigenvalue weighted by Gasteiger charge is -2.10. The van der Waals surface area contributed by atoms with Crippen molar-refractivity contribution in [3.63, 3.8) is 0 Å². The molecule has 1 aromatic heterocycles. The summed E-state index contributed by atoms with van der Waals surface area (Å²) in [6.45, 7) is 1.59. The van der Waals surface area contributed by atoms with Crippen LogP contribution in [0.5, 0.6) is 0 Å². The van der Waals surface area contributed by atoms with Crippen LogP contribution in [-0.4, -0.2) is 22.4 Å². The highest BCUT2D eigenvalue weighted by molar-refractivity contribution is 6.53. The molecular weight excluding hydrogens is 280 g/mol. The first-order valence-corrected chi connectivity index (χ1v) is 6.32. The van der Waals surface area contributed by atoms with Gasteiger partial charge in [-0.15, -0.1) is 0 Å². The molecule has 3 rings (SSSR count). The Balaban J connectivity index is 2.10. The maximum Gasteiger partial charge on any atom is 0.213 e. The smallest absolute Gasteiger partial charge is 0.213 e. The normalized spacial score (nSPS) is 16.6. The van der Waals surface area contributed by atoms with Gasteiger partial charge in [0.05, 0.1) is 28.4 Å². The summed E-state index contributed by atoms with van der Waals surface area (Å²) in [5, 5.41) is 4.04. The molecule has 0 N–H and O–H groups in total. The summed E-state index contributed by atoms with van der Waals surface area (Å²) in [6, 6.07) is 6.88. The van der Waals surface area contributed by atoms with Crippen LogP contribution >= 0.6 is 11.6 Å². The topological polar surface area (TPSA) is 72.5 Å². The fraction of sp³-hybridized carbons (Fsp3) is 0.143. The SMILES string of the molecule is Cc1onc2c1C(=O)C(=Nc1ccccc1Cl)CC2=O. The van der Waals surface area contributed by atoms with E-state index in [1.807, 2.05) is 0 Å². The van der Waals surface area contributed by atoms with E-state index in [0.717, 1.165) is 0 Å². The van der Waals surface area contributed by atoms with E-state index in [2.05, 4.69) is 10.1 Å². The van der Waals surface area contributed by atoms with E-state index >= 15 is 0 Å². The Bertz CT molecular complexity index is 762. The molecule has 1 aromatic carbocycles. The number of hydrogen-bond acceptors (Lipinski definition) is 5. The summed E-state index contributed by atoms with van der Waals surface area (Å²) < 4.78 is 4.91. The minimum atomic E-state index is -0.335. The molecule has 6 heteroatoms. The standard InChI is InChI=1S/C14H9ClN2O3/c1-7-12-13(17-20-7)11(18)6-10(14(12)19)16-9-5-3-2-4-8(9)15/h2-5H,6H2,1H3. The third-order valence-corrected chi connectivity index (χ3v) is 3.37. The van der Waals surface area contributed by atoms with Crippen LogP contribution in [0, 0.1) is 6.92 Å². The van der Waals surface area contributed by atoms with E-state index in [0.29, 0.717) is 16.5 Å². The first-order chi connectivity index (χ1) is 9.58. The van der Waals surface area contributed by atoms with Crippen LogP contribution < -0.4 is 0 Å². The average Bonchev–Trinajstić information content (AvgIpc) is 2.81. The van der Waals surface area contributed by atoms with Gasteiger partial charge >= 0.3 is 0 Å². The summed E-state index contributed by atoms with van der Waals surface area (Å²) >= 11 is 6.00. The molecule has 5 nitrogen and oxygen atoms in total. The van der Waals surface area contributed by atoms with Crippen molar-refractivity contribution in [2.45, 2.75) is 13.3 Å². The second kappa shape index (κ2) is 4.68. The largest absolute Gasteiger partial charge is 0.360 e. The molecule has 0 fully saturated rings. The average molecular weight is 289 g/mol. The molecular formula is C14H9ClN2O3. The van der Waals surface area contributed by atoms with Gasteiger partial charge in [-0.2, -0.15) is 0 Å². The van der Waals surface area contributed by atoms with Crippen LogP contribution in [0.15, 0.2) is 33.8 Å². The second-order valence-electron chi connectivity index (χ2n) is 4.40. The summed E-state index contributed by atoms with van der Waals surface area (Å²) in [7, 11) is 0. The van der Waals surface area contributed by atoms with Crippen molar-refractivity contribution in [3.8, 4) is 0 Å². The molecule has 2 aromatic rings. The number of carbonyl (C=O) groups is 2. The van der Waals surface area contributed by atoms with Crippen molar-refractivity contribution >= 4 is 34.6 Å². The number of halogens is 1. The molecule has 1 heterocycles. The van der Waals surface area contributed by atoms with E-state index in [9.17, 15) is 9.59 Å². The number of rotatable bonds is 1. The minimum Gasteiger partial charge on any atom is -0.360 e. The zero-order valence-electron chi connectivity index (χ0n) is 10.5. The molecule has 1 aliphatic rings. The monoisotopic (exact) mass is 288 g/mol. The van der Waals surface area contributed by atoms with E-state index in [1.165, 1.54) is 0 Å². The highest BCUT2D eigenvalue weighted by atomic mass is 35.5. The van der Waals surface area contributed by atoms with Crippen molar-refractivity contribution in [1.82, 2.24) is 5.16 Å². The molecule has 0 saturated heterocycles. The Morgan fingerprint density at radius 3 is 2.80 bits per heavy atom. The van der Waals surface area contributed by atoms with Gasteiger partial charge in [0.2, 0.25) is 5.78 Å². The van der Waals surface area contributed by atoms with Crippen LogP contribution in [-0.2, 0) is 0 Å². The molecule has 0 amide bonds. The number of aryl methyl sites for hydroxylation is 1. The molecule has 0 aliphatic heterocycles. The number of Topliss-reactive ketones (excluding diaryl/α,β-unsaturated/α-hetero) is 2.